The van der Waals surface area contributed by atoms with Crippen LogP contribution in [0.4, 0.5) is 0 Å². The minimum atomic E-state index is 0.206. The number of phenolic OH excluding ortho intramolecular Hbond substituents is 1. The summed E-state index contributed by atoms with van der Waals surface area (Å²) in [6.45, 7) is 3.09. The fourth-order valence-corrected chi connectivity index (χ4v) is 2.32. The minimum Gasteiger partial charge on any atom is -0.508 e. The number of hydrogen-bond acceptors (Lipinski definition) is 6. The molecule has 0 radical (unpaired) electrons. The maximum atomic E-state index is 10.1. The molecule has 100 valence electrons. The SMILES string of the molecule is CCn1c(SCOC=O)nnc1-c1ccc(O)cc1. The summed E-state index contributed by atoms with van der Waals surface area (Å²) in [7, 11) is 0. The molecule has 0 atom stereocenters. The average molecular weight is 279 g/mol. The number of benzene rings is 1. The molecule has 0 saturated heterocycles. The summed E-state index contributed by atoms with van der Waals surface area (Å²) in [6.07, 6.45) is 0. The van der Waals surface area contributed by atoms with Gasteiger partial charge in [0.1, 0.15) is 11.7 Å². The van der Waals surface area contributed by atoms with Gasteiger partial charge in [-0.1, -0.05) is 0 Å². The van der Waals surface area contributed by atoms with E-state index in [2.05, 4.69) is 14.9 Å². The summed E-state index contributed by atoms with van der Waals surface area (Å²) in [6, 6.07) is 6.77. The lowest BCUT2D eigenvalue weighted by molar-refractivity contribution is -0.126. The fraction of sp³-hybridized carbons (Fsp3) is 0.250. The molecule has 0 aliphatic carbocycles. The minimum absolute atomic E-state index is 0.206. The lowest BCUT2D eigenvalue weighted by Crippen LogP contribution is -2.00. The molecule has 7 heteroatoms. The standard InChI is InChI=1S/C12H13N3O3S/c1-2-15-11(9-3-5-10(17)6-4-9)13-14-12(15)19-8-18-7-16/h3-7,17H,2,8H2,1H3. The third-order valence-corrected chi connectivity index (χ3v) is 3.30. The van der Waals surface area contributed by atoms with Crippen LogP contribution in [0.2, 0.25) is 0 Å². The van der Waals surface area contributed by atoms with Gasteiger partial charge in [-0.2, -0.15) is 0 Å². The van der Waals surface area contributed by atoms with Gasteiger partial charge in [0.15, 0.2) is 11.0 Å². The molecule has 1 aromatic heterocycles. The zero-order valence-electron chi connectivity index (χ0n) is 10.3. The molecule has 0 spiro atoms. The second-order valence-corrected chi connectivity index (χ2v) is 4.51. The van der Waals surface area contributed by atoms with Crippen LogP contribution in [0.1, 0.15) is 6.92 Å². The number of carbonyl (C=O) groups is 1. The van der Waals surface area contributed by atoms with Gasteiger partial charge in [0, 0.05) is 12.1 Å². The number of phenols is 1. The van der Waals surface area contributed by atoms with Crippen LogP contribution >= 0.6 is 11.8 Å². The van der Waals surface area contributed by atoms with Crippen LogP contribution < -0.4 is 0 Å². The number of rotatable bonds is 6. The van der Waals surface area contributed by atoms with Crippen molar-refractivity contribution in [2.24, 2.45) is 0 Å². The first-order valence-corrected chi connectivity index (χ1v) is 6.65. The van der Waals surface area contributed by atoms with Crippen LogP contribution in [0, 0.1) is 0 Å². The Morgan fingerprint density at radius 3 is 2.74 bits per heavy atom. The fourth-order valence-electron chi connectivity index (χ4n) is 1.62. The van der Waals surface area contributed by atoms with E-state index in [-0.39, 0.29) is 11.7 Å². The van der Waals surface area contributed by atoms with Gasteiger partial charge in [-0.05, 0) is 43.0 Å². The first-order chi connectivity index (χ1) is 9.26. The molecular formula is C12H13N3O3S. The molecule has 19 heavy (non-hydrogen) atoms. The summed E-state index contributed by atoms with van der Waals surface area (Å²) in [5.41, 5.74) is 0.871. The molecule has 0 bridgehead atoms. The molecule has 0 aliphatic heterocycles. The van der Waals surface area contributed by atoms with E-state index in [1.54, 1.807) is 24.3 Å². The Hall–Kier alpha value is -2.02. The zero-order chi connectivity index (χ0) is 13.7. The third kappa shape index (κ3) is 3.05. The monoisotopic (exact) mass is 279 g/mol. The Morgan fingerprint density at radius 1 is 1.37 bits per heavy atom. The van der Waals surface area contributed by atoms with Gasteiger partial charge in [-0.25, -0.2) is 0 Å². The van der Waals surface area contributed by atoms with Crippen molar-refractivity contribution in [3.63, 3.8) is 0 Å². The van der Waals surface area contributed by atoms with E-state index in [1.807, 2.05) is 11.5 Å². The smallest absolute Gasteiger partial charge is 0.293 e. The zero-order valence-corrected chi connectivity index (χ0v) is 11.1. The van der Waals surface area contributed by atoms with E-state index >= 15 is 0 Å². The Balaban J connectivity index is 2.26. The molecule has 6 nitrogen and oxygen atoms in total. The predicted molar refractivity (Wildman–Crippen MR) is 70.7 cm³/mol. The number of ether oxygens (including phenoxy) is 1. The molecule has 0 fully saturated rings. The molecule has 0 amide bonds. The molecule has 2 rings (SSSR count). The lowest BCUT2D eigenvalue weighted by atomic mass is 10.2. The Kier molecular flexibility index (Phi) is 4.40. The molecule has 1 aromatic carbocycles. The normalized spacial score (nSPS) is 10.4. The molecular weight excluding hydrogens is 266 g/mol. The van der Waals surface area contributed by atoms with Gasteiger partial charge < -0.3 is 14.4 Å². The summed E-state index contributed by atoms with van der Waals surface area (Å²) < 4.78 is 6.56. The van der Waals surface area contributed by atoms with Gasteiger partial charge >= 0.3 is 0 Å². The maximum Gasteiger partial charge on any atom is 0.293 e. The van der Waals surface area contributed by atoms with Crippen molar-refractivity contribution in [3.8, 4) is 17.1 Å². The van der Waals surface area contributed by atoms with Crippen molar-refractivity contribution >= 4 is 18.2 Å². The number of aromatic nitrogens is 3. The van der Waals surface area contributed by atoms with E-state index in [9.17, 15) is 9.90 Å². The largest absolute Gasteiger partial charge is 0.508 e. The number of nitrogens with zero attached hydrogens (tertiary/aromatic N) is 3. The highest BCUT2D eigenvalue weighted by atomic mass is 32.2. The van der Waals surface area contributed by atoms with Crippen molar-refractivity contribution in [3.05, 3.63) is 24.3 Å². The van der Waals surface area contributed by atoms with Crippen LogP contribution in [-0.4, -0.2) is 32.3 Å². The Bertz CT molecular complexity index is 554. The van der Waals surface area contributed by atoms with Gasteiger partial charge in [0.05, 0.1) is 0 Å². The lowest BCUT2D eigenvalue weighted by Gasteiger charge is -2.06. The highest BCUT2D eigenvalue weighted by molar-refractivity contribution is 7.99. The quantitative estimate of drug-likeness (QED) is 0.376. The summed E-state index contributed by atoms with van der Waals surface area (Å²) >= 11 is 1.30. The second kappa shape index (κ2) is 6.24. The van der Waals surface area contributed by atoms with Crippen LogP contribution in [0.25, 0.3) is 11.4 Å². The Labute approximate surface area is 114 Å². The van der Waals surface area contributed by atoms with Crippen LogP contribution in [-0.2, 0) is 16.1 Å². The average Bonchev–Trinajstić information content (AvgIpc) is 2.83. The number of carbonyl (C=O) groups excluding carboxylic acids is 1. The van der Waals surface area contributed by atoms with Gasteiger partial charge in [-0.3, -0.25) is 4.79 Å². The van der Waals surface area contributed by atoms with Crippen molar-refractivity contribution in [2.75, 3.05) is 5.94 Å². The molecule has 1 heterocycles. The topological polar surface area (TPSA) is 77.2 Å². The summed E-state index contributed by atoms with van der Waals surface area (Å²) in [4.78, 5) is 10.1. The van der Waals surface area contributed by atoms with E-state index in [1.165, 1.54) is 11.8 Å². The second-order valence-electron chi connectivity index (χ2n) is 3.62. The third-order valence-electron chi connectivity index (χ3n) is 2.48. The first kappa shape index (κ1) is 13.4. The van der Waals surface area contributed by atoms with E-state index in [0.717, 1.165) is 11.4 Å². The number of aromatic hydroxyl groups is 1. The predicted octanol–water partition coefficient (Wildman–Crippen LogP) is 1.89. The van der Waals surface area contributed by atoms with Crippen molar-refractivity contribution in [2.45, 2.75) is 18.6 Å². The highest BCUT2D eigenvalue weighted by Gasteiger charge is 2.13. The molecule has 1 N–H and O–H groups in total. The number of hydrogen-bond donors (Lipinski definition) is 1. The molecule has 0 saturated carbocycles. The van der Waals surface area contributed by atoms with Crippen LogP contribution in [0.5, 0.6) is 5.75 Å². The van der Waals surface area contributed by atoms with E-state index in [0.29, 0.717) is 18.2 Å². The molecule has 0 unspecified atom stereocenters. The number of thioether (sulfide) groups is 1. The van der Waals surface area contributed by atoms with E-state index in [4.69, 9.17) is 0 Å². The van der Waals surface area contributed by atoms with Gasteiger partial charge in [0.2, 0.25) is 0 Å². The maximum absolute atomic E-state index is 10.1. The Morgan fingerprint density at radius 2 is 2.11 bits per heavy atom. The van der Waals surface area contributed by atoms with Crippen LogP contribution in [0.15, 0.2) is 29.4 Å². The van der Waals surface area contributed by atoms with Gasteiger partial charge in [0.25, 0.3) is 6.47 Å². The van der Waals surface area contributed by atoms with Crippen molar-refractivity contribution in [1.29, 1.82) is 0 Å². The van der Waals surface area contributed by atoms with Gasteiger partial charge in [-0.15, -0.1) is 10.2 Å². The first-order valence-electron chi connectivity index (χ1n) is 5.67. The molecule has 2 aromatic rings. The summed E-state index contributed by atoms with van der Waals surface area (Å²) in [5, 5.41) is 18.2. The summed E-state index contributed by atoms with van der Waals surface area (Å²) in [5.74, 6) is 1.13. The molecule has 0 aliphatic rings. The highest BCUT2D eigenvalue weighted by Crippen LogP contribution is 2.25. The van der Waals surface area contributed by atoms with E-state index < -0.39 is 0 Å². The van der Waals surface area contributed by atoms with Crippen molar-refractivity contribution < 1.29 is 14.6 Å². The van der Waals surface area contributed by atoms with Crippen molar-refractivity contribution in [1.82, 2.24) is 14.8 Å². The van der Waals surface area contributed by atoms with Crippen LogP contribution in [0.3, 0.4) is 0 Å².